The zero-order chi connectivity index (χ0) is 20.4. The molecule has 28 heavy (non-hydrogen) atoms. The first-order valence-electron chi connectivity index (χ1n) is 8.77. The van der Waals surface area contributed by atoms with E-state index in [2.05, 4.69) is 37.4 Å². The number of aromatic nitrogens is 1. The van der Waals surface area contributed by atoms with Crippen molar-refractivity contribution in [1.29, 1.82) is 0 Å². The predicted octanol–water partition coefficient (Wildman–Crippen LogP) is 3.38. The number of thiocarbonyl (C=S) groups is 1. The molecule has 0 saturated carbocycles. The average Bonchev–Trinajstić information content (AvgIpc) is 3.13. The van der Waals surface area contributed by atoms with Crippen LogP contribution in [0.1, 0.15) is 24.8 Å². The second kappa shape index (κ2) is 11.7. The summed E-state index contributed by atoms with van der Waals surface area (Å²) in [5, 5.41) is 14.0. The number of aryl methyl sites for hydroxylation is 1. The van der Waals surface area contributed by atoms with Crippen molar-refractivity contribution in [2.75, 3.05) is 20.4 Å². The molecule has 2 aromatic rings. The minimum atomic E-state index is 0.462. The molecule has 0 saturated heterocycles. The lowest BCUT2D eigenvalue weighted by atomic mass is 10.1. The third kappa shape index (κ3) is 6.84. The predicted molar refractivity (Wildman–Crippen MR) is 128 cm³/mol. The van der Waals surface area contributed by atoms with Crippen molar-refractivity contribution in [3.8, 4) is 0 Å². The number of nitrogens with zero attached hydrogens (tertiary/aromatic N) is 4. The van der Waals surface area contributed by atoms with Crippen LogP contribution in [0.4, 0.5) is 0 Å². The Morgan fingerprint density at radius 3 is 2.71 bits per heavy atom. The zero-order valence-electron chi connectivity index (χ0n) is 16.4. The standard InChI is InChI=1S/C18H25N7S3/c1-12(22-25-18(20-3)27-4)13(23-24-17(26)19-2)9-7-11-16-21-14-8-5-6-10-15(14)28-16/h5-6,8,10H,7,9,11H2,1-4H3,(H,20,25)(H2,19,24,26)/b22-12+,23-13+. The number of fused-ring (bicyclic) bond motifs is 1. The fourth-order valence-corrected chi connectivity index (χ4v) is 3.68. The molecular weight excluding hydrogens is 410 g/mol. The summed E-state index contributed by atoms with van der Waals surface area (Å²) in [4.78, 5) is 8.81. The van der Waals surface area contributed by atoms with Crippen molar-refractivity contribution in [3.05, 3.63) is 29.3 Å². The molecule has 0 fully saturated rings. The summed E-state index contributed by atoms with van der Waals surface area (Å²) in [5.74, 6) is 0. The number of hydrogen-bond acceptors (Lipinski definition) is 7. The minimum Gasteiger partial charge on any atom is -0.364 e. The molecule has 0 atom stereocenters. The number of thiazole rings is 1. The topological polar surface area (TPSA) is 86.1 Å². The quantitative estimate of drug-likeness (QED) is 0.268. The molecule has 0 amide bonds. The lowest BCUT2D eigenvalue weighted by Crippen LogP contribution is -2.31. The molecule has 0 bridgehead atoms. The van der Waals surface area contributed by atoms with Crippen molar-refractivity contribution in [2.24, 2.45) is 15.2 Å². The molecule has 0 unspecified atom stereocenters. The molecule has 0 spiro atoms. The number of rotatable bonds is 7. The molecule has 2 rings (SSSR count). The smallest absolute Gasteiger partial charge is 0.186 e. The highest BCUT2D eigenvalue weighted by molar-refractivity contribution is 8.13. The maximum atomic E-state index is 5.11. The van der Waals surface area contributed by atoms with E-state index in [-0.39, 0.29) is 0 Å². The van der Waals surface area contributed by atoms with Gasteiger partial charge in [0, 0.05) is 14.1 Å². The van der Waals surface area contributed by atoms with Crippen molar-refractivity contribution >= 4 is 67.2 Å². The largest absolute Gasteiger partial charge is 0.364 e. The molecule has 0 aliphatic heterocycles. The summed E-state index contributed by atoms with van der Waals surface area (Å²) >= 11 is 8.36. The Balaban J connectivity index is 2.03. The molecule has 1 aromatic carbocycles. The van der Waals surface area contributed by atoms with Gasteiger partial charge < -0.3 is 5.32 Å². The highest BCUT2D eigenvalue weighted by Crippen LogP contribution is 2.22. The zero-order valence-corrected chi connectivity index (χ0v) is 18.9. The number of hydrogen-bond donors (Lipinski definition) is 3. The number of para-hydroxylation sites is 1. The van der Waals surface area contributed by atoms with Crippen LogP contribution >= 0.6 is 35.3 Å². The normalized spacial score (nSPS) is 12.9. The van der Waals surface area contributed by atoms with Gasteiger partial charge in [-0.15, -0.1) is 11.3 Å². The number of benzene rings is 1. The highest BCUT2D eigenvalue weighted by Gasteiger charge is 2.08. The van der Waals surface area contributed by atoms with Crippen molar-refractivity contribution in [2.45, 2.75) is 26.2 Å². The monoisotopic (exact) mass is 435 g/mol. The van der Waals surface area contributed by atoms with Gasteiger partial charge in [-0.1, -0.05) is 23.9 Å². The van der Waals surface area contributed by atoms with E-state index in [1.807, 2.05) is 31.4 Å². The van der Waals surface area contributed by atoms with Crippen LogP contribution < -0.4 is 16.2 Å². The Kier molecular flexibility index (Phi) is 9.32. The van der Waals surface area contributed by atoms with Gasteiger partial charge in [-0.2, -0.15) is 10.2 Å². The first kappa shape index (κ1) is 22.3. The van der Waals surface area contributed by atoms with E-state index in [1.54, 1.807) is 25.4 Å². The summed E-state index contributed by atoms with van der Waals surface area (Å²) in [5.41, 5.74) is 8.49. The lowest BCUT2D eigenvalue weighted by Gasteiger charge is -2.09. The molecule has 10 heteroatoms. The lowest BCUT2D eigenvalue weighted by molar-refractivity contribution is 0.851. The second-order valence-corrected chi connectivity index (χ2v) is 8.04. The van der Waals surface area contributed by atoms with Gasteiger partial charge in [0.1, 0.15) is 0 Å². The van der Waals surface area contributed by atoms with Crippen LogP contribution in [0.2, 0.25) is 0 Å². The van der Waals surface area contributed by atoms with Crippen LogP contribution in [-0.4, -0.2) is 47.0 Å². The van der Waals surface area contributed by atoms with Gasteiger partial charge in [0.25, 0.3) is 0 Å². The maximum absolute atomic E-state index is 5.11. The van der Waals surface area contributed by atoms with Crippen LogP contribution in [0.25, 0.3) is 10.2 Å². The SMILES string of the molecule is CN=C(N/N=C(C)/C(CCCc1nc2ccccc2s1)=N/NC(=S)NC)SC. The van der Waals surface area contributed by atoms with Gasteiger partial charge in [0.05, 0.1) is 26.6 Å². The number of aliphatic imine (C=N–C) groups is 1. The van der Waals surface area contributed by atoms with E-state index < -0.39 is 0 Å². The number of amidine groups is 1. The highest BCUT2D eigenvalue weighted by atomic mass is 32.2. The Morgan fingerprint density at radius 1 is 1.25 bits per heavy atom. The fraction of sp³-hybridized carbons (Fsp3) is 0.389. The molecule has 1 heterocycles. The maximum Gasteiger partial charge on any atom is 0.186 e. The second-order valence-electron chi connectivity index (χ2n) is 5.72. The van der Waals surface area contributed by atoms with Crippen molar-refractivity contribution in [1.82, 2.24) is 21.2 Å². The first-order valence-corrected chi connectivity index (χ1v) is 11.2. The summed E-state index contributed by atoms with van der Waals surface area (Å²) in [7, 11) is 3.48. The van der Waals surface area contributed by atoms with E-state index in [0.29, 0.717) is 5.11 Å². The van der Waals surface area contributed by atoms with Crippen LogP contribution in [0.3, 0.4) is 0 Å². The fourth-order valence-electron chi connectivity index (χ4n) is 2.31. The van der Waals surface area contributed by atoms with Crippen molar-refractivity contribution < 1.29 is 0 Å². The Hall–Kier alpha value is -2.04. The first-order chi connectivity index (χ1) is 13.6. The van der Waals surface area contributed by atoms with E-state index in [4.69, 9.17) is 17.2 Å². The minimum absolute atomic E-state index is 0.462. The van der Waals surface area contributed by atoms with Gasteiger partial charge in [-0.3, -0.25) is 15.8 Å². The Morgan fingerprint density at radius 2 is 2.04 bits per heavy atom. The third-order valence-electron chi connectivity index (χ3n) is 3.80. The van der Waals surface area contributed by atoms with Crippen LogP contribution in [0.15, 0.2) is 39.5 Å². The Bertz CT molecular complexity index is 853. The molecule has 7 nitrogen and oxygen atoms in total. The molecule has 0 aliphatic carbocycles. The van der Waals surface area contributed by atoms with Crippen molar-refractivity contribution in [3.63, 3.8) is 0 Å². The molecule has 0 aliphatic rings. The molecule has 150 valence electrons. The van der Waals surface area contributed by atoms with Gasteiger partial charge in [-0.25, -0.2) is 4.98 Å². The van der Waals surface area contributed by atoms with E-state index >= 15 is 0 Å². The van der Waals surface area contributed by atoms with Gasteiger partial charge in [-0.05, 0) is 56.8 Å². The number of hydrazone groups is 2. The molecule has 0 radical (unpaired) electrons. The molecular formula is C18H25N7S3. The summed E-state index contributed by atoms with van der Waals surface area (Å²) in [6.45, 7) is 1.92. The van der Waals surface area contributed by atoms with Crippen LogP contribution in [0.5, 0.6) is 0 Å². The summed E-state index contributed by atoms with van der Waals surface area (Å²) in [6, 6.07) is 8.21. The van der Waals surface area contributed by atoms with Gasteiger partial charge >= 0.3 is 0 Å². The van der Waals surface area contributed by atoms with Gasteiger partial charge in [0.2, 0.25) is 0 Å². The van der Waals surface area contributed by atoms with Crippen LogP contribution in [-0.2, 0) is 6.42 Å². The molecule has 1 aromatic heterocycles. The number of nitrogens with one attached hydrogen (secondary N) is 3. The van der Waals surface area contributed by atoms with Gasteiger partial charge in [0.15, 0.2) is 10.3 Å². The van der Waals surface area contributed by atoms with E-state index in [1.165, 1.54) is 16.5 Å². The molecule has 3 N–H and O–H groups in total. The Labute approximate surface area is 179 Å². The average molecular weight is 436 g/mol. The summed E-state index contributed by atoms with van der Waals surface area (Å²) < 4.78 is 1.22. The van der Waals surface area contributed by atoms with E-state index in [0.717, 1.165) is 46.4 Å². The number of thioether (sulfide) groups is 1. The van der Waals surface area contributed by atoms with Crippen LogP contribution in [0, 0.1) is 0 Å². The summed E-state index contributed by atoms with van der Waals surface area (Å²) in [6.07, 6.45) is 4.50. The third-order valence-corrected chi connectivity index (χ3v) is 5.85. The van der Waals surface area contributed by atoms with E-state index in [9.17, 15) is 0 Å².